The zero-order chi connectivity index (χ0) is 29.6. The maximum Gasteiger partial charge on any atom is 0.264 e. The molecule has 214 valence electrons. The molecule has 0 heterocycles. The Balaban J connectivity index is 2.09. The molecule has 0 fully saturated rings. The van der Waals surface area contributed by atoms with Crippen LogP contribution in [0.5, 0.6) is 0 Å². The number of halogens is 3. The fraction of sp³-hybridized carbons (Fsp3) is 0.310. The molecule has 0 radical (unpaired) electrons. The van der Waals surface area contributed by atoms with Crippen molar-refractivity contribution < 1.29 is 18.0 Å². The summed E-state index contributed by atoms with van der Waals surface area (Å²) in [5, 5.41) is 3.82. The predicted molar refractivity (Wildman–Crippen MR) is 162 cm³/mol. The third kappa shape index (κ3) is 7.49. The molecular weight excluding hydrogens is 593 g/mol. The van der Waals surface area contributed by atoms with Gasteiger partial charge in [-0.3, -0.25) is 13.9 Å². The number of aryl methyl sites for hydroxylation is 2. The largest absolute Gasteiger partial charge is 0.355 e. The van der Waals surface area contributed by atoms with Gasteiger partial charge >= 0.3 is 0 Å². The number of benzene rings is 3. The highest BCUT2D eigenvalue weighted by Crippen LogP contribution is 2.28. The first-order valence-electron chi connectivity index (χ1n) is 12.8. The number of amides is 2. The summed E-state index contributed by atoms with van der Waals surface area (Å²) in [7, 11) is -4.19. The van der Waals surface area contributed by atoms with Crippen LogP contribution in [0.3, 0.4) is 0 Å². The van der Waals surface area contributed by atoms with Crippen molar-refractivity contribution in [3.8, 4) is 0 Å². The molecule has 40 heavy (non-hydrogen) atoms. The van der Waals surface area contributed by atoms with E-state index in [2.05, 4.69) is 5.32 Å². The van der Waals surface area contributed by atoms with Crippen molar-refractivity contribution >= 4 is 62.3 Å². The van der Waals surface area contributed by atoms with Crippen LogP contribution in [0.15, 0.2) is 65.6 Å². The molecule has 11 heteroatoms. The highest BCUT2D eigenvalue weighted by Gasteiger charge is 2.33. The Morgan fingerprint density at radius 3 is 2.12 bits per heavy atom. The molecule has 3 rings (SSSR count). The highest BCUT2D eigenvalue weighted by atomic mass is 35.5. The average Bonchev–Trinajstić information content (AvgIpc) is 2.91. The molecule has 0 spiro atoms. The molecule has 0 aliphatic heterocycles. The van der Waals surface area contributed by atoms with E-state index in [4.69, 9.17) is 34.8 Å². The number of carbonyl (C=O) groups excluding carboxylic acids is 2. The molecule has 3 aromatic rings. The summed E-state index contributed by atoms with van der Waals surface area (Å²) in [6.45, 7) is 7.23. The third-order valence-corrected chi connectivity index (χ3v) is 9.31. The predicted octanol–water partition coefficient (Wildman–Crippen LogP) is 6.40. The molecule has 0 aliphatic rings. The molecular formula is C29H32Cl3N3O4S. The van der Waals surface area contributed by atoms with Gasteiger partial charge in [0.25, 0.3) is 10.0 Å². The monoisotopic (exact) mass is 623 g/mol. The van der Waals surface area contributed by atoms with Crippen LogP contribution in [0, 0.1) is 13.8 Å². The van der Waals surface area contributed by atoms with Crippen LogP contribution in [-0.4, -0.2) is 44.3 Å². The Kier molecular flexibility index (Phi) is 10.9. The number of hydrogen-bond donors (Lipinski definition) is 1. The molecule has 1 N–H and O–H groups in total. The lowest BCUT2D eigenvalue weighted by Crippen LogP contribution is -2.52. The Morgan fingerprint density at radius 2 is 1.55 bits per heavy atom. The fourth-order valence-corrected chi connectivity index (χ4v) is 6.04. The number of nitrogens with zero attached hydrogens (tertiary/aromatic N) is 2. The van der Waals surface area contributed by atoms with E-state index < -0.39 is 28.5 Å². The summed E-state index contributed by atoms with van der Waals surface area (Å²) in [5.74, 6) is -0.892. The normalized spacial score (nSPS) is 12.1. The van der Waals surface area contributed by atoms with Crippen molar-refractivity contribution in [1.29, 1.82) is 0 Å². The summed E-state index contributed by atoms with van der Waals surface area (Å²) >= 11 is 18.3. The van der Waals surface area contributed by atoms with Crippen LogP contribution in [0.2, 0.25) is 15.1 Å². The Bertz CT molecular complexity index is 1480. The van der Waals surface area contributed by atoms with Gasteiger partial charge in [0.05, 0.1) is 20.6 Å². The van der Waals surface area contributed by atoms with Crippen molar-refractivity contribution in [3.63, 3.8) is 0 Å². The van der Waals surface area contributed by atoms with Crippen LogP contribution in [0.25, 0.3) is 0 Å². The van der Waals surface area contributed by atoms with Gasteiger partial charge in [-0.05, 0) is 92.4 Å². The van der Waals surface area contributed by atoms with Crippen molar-refractivity contribution in [2.24, 2.45) is 0 Å². The second-order valence-corrected chi connectivity index (χ2v) is 12.4. The summed E-state index contributed by atoms with van der Waals surface area (Å²) < 4.78 is 28.9. The zero-order valence-electron chi connectivity index (χ0n) is 22.7. The Morgan fingerprint density at radius 1 is 0.875 bits per heavy atom. The van der Waals surface area contributed by atoms with Crippen LogP contribution < -0.4 is 9.62 Å². The minimum absolute atomic E-state index is 0.0188. The third-order valence-electron chi connectivity index (χ3n) is 6.53. The summed E-state index contributed by atoms with van der Waals surface area (Å²) in [6.07, 6.45) is 0.312. The first kappa shape index (κ1) is 31.7. The lowest BCUT2D eigenvalue weighted by molar-refractivity contribution is -0.140. The van der Waals surface area contributed by atoms with Gasteiger partial charge in [-0.1, -0.05) is 53.9 Å². The number of sulfonamides is 1. The van der Waals surface area contributed by atoms with Crippen molar-refractivity contribution in [2.75, 3.05) is 17.4 Å². The highest BCUT2D eigenvalue weighted by molar-refractivity contribution is 7.92. The van der Waals surface area contributed by atoms with Gasteiger partial charge in [0, 0.05) is 18.1 Å². The van der Waals surface area contributed by atoms with Gasteiger partial charge in [-0.15, -0.1) is 0 Å². The molecule has 0 aliphatic carbocycles. The quantitative estimate of drug-likeness (QED) is 0.267. The van der Waals surface area contributed by atoms with E-state index in [0.29, 0.717) is 39.3 Å². The Hall–Kier alpha value is -2.78. The molecule has 7 nitrogen and oxygen atoms in total. The van der Waals surface area contributed by atoms with Crippen molar-refractivity contribution in [3.05, 3.63) is 92.4 Å². The molecule has 0 bridgehead atoms. The first-order chi connectivity index (χ1) is 18.9. The topological polar surface area (TPSA) is 86.8 Å². The zero-order valence-corrected chi connectivity index (χ0v) is 25.8. The van der Waals surface area contributed by atoms with E-state index in [9.17, 15) is 18.0 Å². The lowest BCUT2D eigenvalue weighted by atomic mass is 10.1. The number of anilines is 1. The number of carbonyl (C=O) groups is 2. The molecule has 2 amide bonds. The summed E-state index contributed by atoms with van der Waals surface area (Å²) in [4.78, 5) is 28.4. The maximum atomic E-state index is 14.0. The standard InChI is InChI=1S/C29H32Cl3N3O4S/c1-5-27(29(37)33-6-2)34(17-21-8-14-25(31)26(32)16-21)28(36)18-35(23-11-7-19(3)20(4)15-23)40(38,39)24-12-9-22(30)10-13-24/h7-16,27H,5-6,17-18H2,1-4H3,(H,33,37). The molecule has 1 atom stereocenters. The van der Waals surface area contributed by atoms with E-state index in [1.165, 1.54) is 29.2 Å². The van der Waals surface area contributed by atoms with Crippen LogP contribution in [0.1, 0.15) is 37.0 Å². The smallest absolute Gasteiger partial charge is 0.264 e. The number of hydrogen-bond acceptors (Lipinski definition) is 4. The lowest BCUT2D eigenvalue weighted by Gasteiger charge is -2.33. The number of nitrogens with one attached hydrogen (secondary N) is 1. The molecule has 0 saturated heterocycles. The minimum atomic E-state index is -4.19. The second kappa shape index (κ2) is 13.7. The SMILES string of the molecule is CCNC(=O)C(CC)N(Cc1ccc(Cl)c(Cl)c1)C(=O)CN(c1ccc(C)c(C)c1)S(=O)(=O)c1ccc(Cl)cc1. The minimum Gasteiger partial charge on any atom is -0.355 e. The average molecular weight is 625 g/mol. The van der Waals surface area contributed by atoms with Gasteiger partial charge in [0.15, 0.2) is 0 Å². The number of likely N-dealkylation sites (N-methyl/N-ethyl adjacent to an activating group) is 1. The molecule has 3 aromatic carbocycles. The van der Waals surface area contributed by atoms with Gasteiger partial charge < -0.3 is 10.2 Å². The van der Waals surface area contributed by atoms with E-state index in [0.717, 1.165) is 15.4 Å². The molecule has 1 unspecified atom stereocenters. The molecule has 0 saturated carbocycles. The van der Waals surface area contributed by atoms with Gasteiger partial charge in [0.1, 0.15) is 12.6 Å². The van der Waals surface area contributed by atoms with Crippen molar-refractivity contribution in [1.82, 2.24) is 10.2 Å². The maximum absolute atomic E-state index is 14.0. The van der Waals surface area contributed by atoms with Gasteiger partial charge in [0.2, 0.25) is 11.8 Å². The second-order valence-electron chi connectivity index (χ2n) is 9.32. The summed E-state index contributed by atoms with van der Waals surface area (Å²) in [6, 6.07) is 15.0. The van der Waals surface area contributed by atoms with Gasteiger partial charge in [-0.2, -0.15) is 0 Å². The van der Waals surface area contributed by atoms with Crippen LogP contribution in [0.4, 0.5) is 5.69 Å². The molecule has 0 aromatic heterocycles. The Labute approximate surface area is 251 Å². The summed E-state index contributed by atoms with van der Waals surface area (Å²) in [5.41, 5.74) is 2.81. The first-order valence-corrected chi connectivity index (χ1v) is 15.3. The fourth-order valence-electron chi connectivity index (χ4n) is 4.19. The van der Waals surface area contributed by atoms with E-state index >= 15 is 0 Å². The number of rotatable bonds is 11. The van der Waals surface area contributed by atoms with E-state index in [-0.39, 0.29) is 17.3 Å². The van der Waals surface area contributed by atoms with Crippen LogP contribution in [-0.2, 0) is 26.2 Å². The van der Waals surface area contributed by atoms with E-state index in [1.807, 2.05) is 13.8 Å². The van der Waals surface area contributed by atoms with Crippen LogP contribution >= 0.6 is 34.8 Å². The van der Waals surface area contributed by atoms with Crippen molar-refractivity contribution in [2.45, 2.75) is 51.6 Å². The van der Waals surface area contributed by atoms with Gasteiger partial charge in [-0.25, -0.2) is 8.42 Å². The van der Waals surface area contributed by atoms with E-state index in [1.54, 1.807) is 50.2 Å².